The normalized spacial score (nSPS) is 27.1. The molecule has 4 heteroatoms. The van der Waals surface area contributed by atoms with Crippen LogP contribution in [0.5, 0.6) is 0 Å². The van der Waals surface area contributed by atoms with Crippen molar-refractivity contribution in [3.63, 3.8) is 0 Å². The summed E-state index contributed by atoms with van der Waals surface area (Å²) in [5.41, 5.74) is -0.481. The lowest BCUT2D eigenvalue weighted by Crippen LogP contribution is -2.42. The summed E-state index contributed by atoms with van der Waals surface area (Å²) in [6.07, 6.45) is 12.5. The van der Waals surface area contributed by atoms with E-state index in [1.807, 2.05) is 0 Å². The molecule has 0 aromatic heterocycles. The van der Waals surface area contributed by atoms with Gasteiger partial charge in [0.1, 0.15) is 0 Å². The molecule has 1 aliphatic carbocycles. The van der Waals surface area contributed by atoms with Crippen LogP contribution in [0.15, 0.2) is 9.98 Å². The molecule has 1 aliphatic rings. The van der Waals surface area contributed by atoms with Crippen LogP contribution in [0.3, 0.4) is 0 Å². The minimum atomic E-state index is -0.481. The predicted octanol–water partition coefficient (Wildman–Crippen LogP) is 3.31. The van der Waals surface area contributed by atoms with E-state index in [0.717, 1.165) is 44.9 Å². The van der Waals surface area contributed by atoms with E-state index in [4.69, 9.17) is 0 Å². The molecule has 18 heavy (non-hydrogen) atoms. The van der Waals surface area contributed by atoms with Gasteiger partial charge in [-0.2, -0.15) is 9.98 Å². The molecule has 0 heterocycles. The predicted molar refractivity (Wildman–Crippen MR) is 70.0 cm³/mol. The monoisotopic (exact) mass is 250 g/mol. The van der Waals surface area contributed by atoms with Gasteiger partial charge in [0, 0.05) is 0 Å². The van der Waals surface area contributed by atoms with E-state index in [0.29, 0.717) is 0 Å². The van der Waals surface area contributed by atoms with Gasteiger partial charge in [-0.1, -0.05) is 45.4 Å². The van der Waals surface area contributed by atoms with Crippen molar-refractivity contribution >= 4 is 12.2 Å². The quantitative estimate of drug-likeness (QED) is 0.395. The van der Waals surface area contributed by atoms with E-state index in [1.54, 1.807) is 12.2 Å². The number of unbranched alkanes of at least 4 members (excludes halogenated alkanes) is 3. The molecule has 0 amide bonds. The van der Waals surface area contributed by atoms with E-state index in [-0.39, 0.29) is 6.04 Å². The molecule has 100 valence electrons. The van der Waals surface area contributed by atoms with E-state index in [1.165, 1.54) is 12.8 Å². The smallest absolute Gasteiger partial charge is 0.211 e. The summed E-state index contributed by atoms with van der Waals surface area (Å²) in [4.78, 5) is 29.1. The number of isocyanates is 2. The second-order valence-electron chi connectivity index (χ2n) is 5.10. The van der Waals surface area contributed by atoms with Crippen LogP contribution in [0.2, 0.25) is 0 Å². The summed E-state index contributed by atoms with van der Waals surface area (Å²) in [6.45, 7) is 2.17. The van der Waals surface area contributed by atoms with Crippen molar-refractivity contribution in [1.82, 2.24) is 0 Å². The molecule has 0 bridgehead atoms. The Morgan fingerprint density at radius 1 is 1.17 bits per heavy atom. The van der Waals surface area contributed by atoms with Crippen molar-refractivity contribution < 1.29 is 9.59 Å². The molecule has 2 atom stereocenters. The fraction of sp³-hybridized carbons (Fsp3) is 0.857. The van der Waals surface area contributed by atoms with Crippen LogP contribution in [-0.2, 0) is 9.59 Å². The maximum Gasteiger partial charge on any atom is 0.235 e. The third kappa shape index (κ3) is 3.90. The number of carbonyl (C=O) groups excluding carboxylic acids is 2. The van der Waals surface area contributed by atoms with Gasteiger partial charge in [-0.15, -0.1) is 0 Å². The van der Waals surface area contributed by atoms with E-state index in [9.17, 15) is 9.59 Å². The van der Waals surface area contributed by atoms with E-state index >= 15 is 0 Å². The lowest BCUT2D eigenvalue weighted by Gasteiger charge is -2.37. The van der Waals surface area contributed by atoms with Crippen molar-refractivity contribution in [3.05, 3.63) is 0 Å². The molecule has 0 radical (unpaired) electrons. The Balaban J connectivity index is 2.74. The van der Waals surface area contributed by atoms with Crippen molar-refractivity contribution in [2.45, 2.75) is 76.3 Å². The van der Waals surface area contributed by atoms with Crippen molar-refractivity contribution in [1.29, 1.82) is 0 Å². The second-order valence-corrected chi connectivity index (χ2v) is 5.10. The van der Waals surface area contributed by atoms with Gasteiger partial charge in [-0.25, -0.2) is 9.59 Å². The van der Waals surface area contributed by atoms with Gasteiger partial charge in [-0.05, 0) is 19.3 Å². The van der Waals surface area contributed by atoms with Crippen LogP contribution < -0.4 is 0 Å². The third-order valence-electron chi connectivity index (χ3n) is 3.90. The molecule has 1 saturated carbocycles. The van der Waals surface area contributed by atoms with Gasteiger partial charge in [-0.3, -0.25) is 0 Å². The zero-order chi connectivity index (χ0) is 13.3. The molecular formula is C14H22N2O2. The summed E-state index contributed by atoms with van der Waals surface area (Å²) in [7, 11) is 0. The zero-order valence-electron chi connectivity index (χ0n) is 11.2. The van der Waals surface area contributed by atoms with Crippen molar-refractivity contribution in [3.8, 4) is 0 Å². The largest absolute Gasteiger partial charge is 0.235 e. The van der Waals surface area contributed by atoms with Crippen molar-refractivity contribution in [2.24, 2.45) is 9.98 Å². The lowest BCUT2D eigenvalue weighted by molar-refractivity contribution is 0.234. The molecule has 0 aliphatic heterocycles. The Hall–Kier alpha value is -1.24. The molecule has 0 saturated heterocycles. The standard InChI is InChI=1S/C14H22N2O2/c1-2-3-4-6-9-14(16-12-18)10-7-5-8-13(14)15-11-17/h13H,2-10H2,1H3. The summed E-state index contributed by atoms with van der Waals surface area (Å²) in [5.74, 6) is 0. The van der Waals surface area contributed by atoms with Crippen LogP contribution in [0.1, 0.15) is 64.7 Å². The number of hydrogen-bond acceptors (Lipinski definition) is 4. The Labute approximate surface area is 109 Å². The molecule has 0 aromatic rings. The lowest BCUT2D eigenvalue weighted by atomic mass is 9.75. The van der Waals surface area contributed by atoms with Gasteiger partial charge in [0.05, 0.1) is 11.6 Å². The molecule has 0 aromatic carbocycles. The van der Waals surface area contributed by atoms with Crippen molar-refractivity contribution in [2.75, 3.05) is 0 Å². The molecule has 0 spiro atoms. The van der Waals surface area contributed by atoms with E-state index in [2.05, 4.69) is 16.9 Å². The SMILES string of the molecule is CCCCCCC1(N=C=O)CCCCC1N=C=O. The maximum absolute atomic E-state index is 10.7. The fourth-order valence-electron chi connectivity index (χ4n) is 2.88. The summed E-state index contributed by atoms with van der Waals surface area (Å²) >= 11 is 0. The number of hydrogen-bond donors (Lipinski definition) is 0. The molecule has 1 fully saturated rings. The Kier molecular flexibility index (Phi) is 6.56. The van der Waals surface area contributed by atoms with E-state index < -0.39 is 5.54 Å². The first kappa shape index (κ1) is 14.8. The number of rotatable bonds is 7. The molecular weight excluding hydrogens is 228 g/mol. The number of aliphatic imine (C=N–C) groups is 2. The minimum Gasteiger partial charge on any atom is -0.211 e. The first-order valence-corrected chi connectivity index (χ1v) is 6.95. The Bertz CT molecular complexity index is 344. The molecule has 1 rings (SSSR count). The fourth-order valence-corrected chi connectivity index (χ4v) is 2.88. The van der Waals surface area contributed by atoms with Gasteiger partial charge in [0.2, 0.25) is 12.2 Å². The maximum atomic E-state index is 10.7. The highest BCUT2D eigenvalue weighted by Crippen LogP contribution is 2.38. The highest BCUT2D eigenvalue weighted by atomic mass is 16.1. The topological polar surface area (TPSA) is 58.9 Å². The zero-order valence-corrected chi connectivity index (χ0v) is 11.2. The molecule has 0 N–H and O–H groups in total. The average molecular weight is 250 g/mol. The van der Waals surface area contributed by atoms with Gasteiger partial charge < -0.3 is 0 Å². The molecule has 4 nitrogen and oxygen atoms in total. The second kappa shape index (κ2) is 7.97. The van der Waals surface area contributed by atoms with Crippen LogP contribution in [0.4, 0.5) is 0 Å². The number of nitrogens with zero attached hydrogens (tertiary/aromatic N) is 2. The Morgan fingerprint density at radius 3 is 2.67 bits per heavy atom. The van der Waals surface area contributed by atoms with Gasteiger partial charge in [0.25, 0.3) is 0 Å². The summed E-state index contributed by atoms with van der Waals surface area (Å²) < 4.78 is 0. The minimum absolute atomic E-state index is 0.174. The van der Waals surface area contributed by atoms with Crippen LogP contribution in [-0.4, -0.2) is 23.7 Å². The molecule has 2 unspecified atom stereocenters. The summed E-state index contributed by atoms with van der Waals surface area (Å²) in [6, 6.07) is -0.174. The van der Waals surface area contributed by atoms with Crippen LogP contribution >= 0.6 is 0 Å². The first-order valence-electron chi connectivity index (χ1n) is 6.95. The first-order chi connectivity index (χ1) is 8.79. The highest BCUT2D eigenvalue weighted by Gasteiger charge is 2.40. The third-order valence-corrected chi connectivity index (χ3v) is 3.90. The van der Waals surface area contributed by atoms with Crippen LogP contribution in [0, 0.1) is 0 Å². The van der Waals surface area contributed by atoms with Gasteiger partial charge in [0.15, 0.2) is 0 Å². The average Bonchev–Trinajstić information content (AvgIpc) is 2.38. The van der Waals surface area contributed by atoms with Gasteiger partial charge >= 0.3 is 0 Å². The highest BCUT2D eigenvalue weighted by molar-refractivity contribution is 5.38. The van der Waals surface area contributed by atoms with Crippen LogP contribution in [0.25, 0.3) is 0 Å². The summed E-state index contributed by atoms with van der Waals surface area (Å²) in [5, 5.41) is 0. The Morgan fingerprint density at radius 2 is 2.00 bits per heavy atom.